The molecule has 0 bridgehead atoms. The number of nitrogens with one attached hydrogen (secondary N) is 2. The molecule has 132 valence electrons. The van der Waals surface area contributed by atoms with Crippen molar-refractivity contribution in [1.29, 1.82) is 0 Å². The van der Waals surface area contributed by atoms with Crippen LogP contribution in [0.4, 0.5) is 10.1 Å². The molecular weight excluding hydrogens is 325 g/mol. The Balaban J connectivity index is 1.83. The van der Waals surface area contributed by atoms with Gasteiger partial charge in [-0.1, -0.05) is 13.3 Å². The number of amides is 3. The molecule has 6 nitrogen and oxygen atoms in total. The molecule has 1 spiro atoms. The number of unbranched alkanes of at least 4 members (excludes halogenated alkanes) is 1. The second-order valence-electron chi connectivity index (χ2n) is 7.07. The Hall–Kier alpha value is -2.28. The molecule has 3 aliphatic heterocycles. The van der Waals surface area contributed by atoms with Gasteiger partial charge in [0, 0.05) is 23.8 Å². The molecule has 25 heavy (non-hydrogen) atoms. The summed E-state index contributed by atoms with van der Waals surface area (Å²) in [6, 6.07) is 3.69. The van der Waals surface area contributed by atoms with Gasteiger partial charge in [0.2, 0.25) is 17.7 Å². The number of carbonyl (C=O) groups excluding carboxylic acids is 3. The number of benzene rings is 1. The normalized spacial score (nSPS) is 33.2. The number of carbonyl (C=O) groups is 3. The van der Waals surface area contributed by atoms with Crippen LogP contribution in [0.3, 0.4) is 0 Å². The number of likely N-dealkylation sites (tertiary alicyclic amines) is 1. The molecule has 0 saturated carbocycles. The van der Waals surface area contributed by atoms with E-state index in [0.29, 0.717) is 17.8 Å². The number of anilines is 1. The van der Waals surface area contributed by atoms with Gasteiger partial charge in [-0.3, -0.25) is 24.6 Å². The van der Waals surface area contributed by atoms with Crippen LogP contribution in [0, 0.1) is 17.7 Å². The molecule has 3 amide bonds. The molecule has 3 aliphatic rings. The second-order valence-corrected chi connectivity index (χ2v) is 7.07. The lowest BCUT2D eigenvalue weighted by molar-refractivity contribution is -0.142. The van der Waals surface area contributed by atoms with E-state index in [2.05, 4.69) is 10.6 Å². The SMILES string of the molecule is CCCCN1C(=O)[C@@H]2[C@H](C)N[C@]3(C(=O)Nc4ccc(F)cc43)[C@@H]2C1=O. The zero-order chi connectivity index (χ0) is 17.9. The van der Waals surface area contributed by atoms with E-state index in [-0.39, 0.29) is 17.9 Å². The Kier molecular flexibility index (Phi) is 3.47. The first-order valence-corrected chi connectivity index (χ1v) is 8.66. The van der Waals surface area contributed by atoms with Gasteiger partial charge in [-0.05, 0) is 31.5 Å². The van der Waals surface area contributed by atoms with Crippen molar-refractivity contribution in [1.82, 2.24) is 10.2 Å². The van der Waals surface area contributed by atoms with Gasteiger partial charge in [0.25, 0.3) is 0 Å². The molecule has 1 aromatic rings. The van der Waals surface area contributed by atoms with Crippen LogP contribution in [0.1, 0.15) is 32.3 Å². The number of hydrogen-bond acceptors (Lipinski definition) is 4. The lowest BCUT2D eigenvalue weighted by Crippen LogP contribution is -2.53. The minimum absolute atomic E-state index is 0.238. The maximum Gasteiger partial charge on any atom is 0.250 e. The van der Waals surface area contributed by atoms with Gasteiger partial charge in [0.05, 0.1) is 11.8 Å². The molecule has 4 atom stereocenters. The lowest BCUT2D eigenvalue weighted by atomic mass is 9.76. The molecule has 0 unspecified atom stereocenters. The summed E-state index contributed by atoms with van der Waals surface area (Å²) in [5.41, 5.74) is -0.482. The zero-order valence-corrected chi connectivity index (χ0v) is 14.1. The van der Waals surface area contributed by atoms with Crippen molar-refractivity contribution in [3.8, 4) is 0 Å². The van der Waals surface area contributed by atoms with Crippen molar-refractivity contribution in [3.05, 3.63) is 29.6 Å². The molecule has 2 saturated heterocycles. The number of rotatable bonds is 3. The van der Waals surface area contributed by atoms with Crippen molar-refractivity contribution in [2.45, 2.75) is 38.3 Å². The van der Waals surface area contributed by atoms with Crippen molar-refractivity contribution >= 4 is 23.4 Å². The summed E-state index contributed by atoms with van der Waals surface area (Å²) in [5.74, 6) is -2.90. The fourth-order valence-electron chi connectivity index (χ4n) is 4.53. The number of halogens is 1. The molecule has 3 heterocycles. The highest BCUT2D eigenvalue weighted by atomic mass is 19.1. The Bertz CT molecular complexity index is 796. The van der Waals surface area contributed by atoms with Crippen molar-refractivity contribution in [3.63, 3.8) is 0 Å². The average Bonchev–Trinajstić information content (AvgIpc) is 3.12. The third-order valence-electron chi connectivity index (χ3n) is 5.65. The quantitative estimate of drug-likeness (QED) is 0.811. The van der Waals surface area contributed by atoms with Crippen molar-refractivity contribution in [2.24, 2.45) is 11.8 Å². The van der Waals surface area contributed by atoms with Crippen LogP contribution in [0.15, 0.2) is 18.2 Å². The molecule has 0 aromatic heterocycles. The highest BCUT2D eigenvalue weighted by molar-refractivity contribution is 6.15. The van der Waals surface area contributed by atoms with Gasteiger partial charge < -0.3 is 5.32 Å². The lowest BCUT2D eigenvalue weighted by Gasteiger charge is -2.29. The third kappa shape index (κ3) is 1.96. The number of imide groups is 1. The maximum atomic E-state index is 13.9. The van der Waals surface area contributed by atoms with Crippen LogP contribution < -0.4 is 10.6 Å². The molecule has 1 aromatic carbocycles. The van der Waals surface area contributed by atoms with Gasteiger partial charge in [-0.2, -0.15) is 0 Å². The minimum atomic E-state index is -1.38. The Morgan fingerprint density at radius 2 is 2.00 bits per heavy atom. The number of hydrogen-bond donors (Lipinski definition) is 2. The fraction of sp³-hybridized carbons (Fsp3) is 0.500. The van der Waals surface area contributed by atoms with Crippen LogP contribution in [-0.4, -0.2) is 35.2 Å². The first-order chi connectivity index (χ1) is 11.9. The van der Waals surface area contributed by atoms with Gasteiger partial charge in [0.15, 0.2) is 0 Å². The smallest absolute Gasteiger partial charge is 0.250 e. The van der Waals surface area contributed by atoms with E-state index < -0.39 is 29.1 Å². The van der Waals surface area contributed by atoms with Gasteiger partial charge >= 0.3 is 0 Å². The van der Waals surface area contributed by atoms with Crippen LogP contribution >= 0.6 is 0 Å². The summed E-state index contributed by atoms with van der Waals surface area (Å²) in [4.78, 5) is 40.0. The minimum Gasteiger partial charge on any atom is -0.324 e. The Morgan fingerprint density at radius 1 is 1.24 bits per heavy atom. The Morgan fingerprint density at radius 3 is 2.72 bits per heavy atom. The van der Waals surface area contributed by atoms with E-state index >= 15 is 0 Å². The van der Waals surface area contributed by atoms with E-state index in [4.69, 9.17) is 0 Å². The summed E-state index contributed by atoms with van der Waals surface area (Å²) < 4.78 is 13.9. The van der Waals surface area contributed by atoms with Crippen LogP contribution in [0.25, 0.3) is 0 Å². The van der Waals surface area contributed by atoms with E-state index in [0.717, 1.165) is 12.8 Å². The largest absolute Gasteiger partial charge is 0.324 e. The fourth-order valence-corrected chi connectivity index (χ4v) is 4.53. The van der Waals surface area contributed by atoms with E-state index in [1.165, 1.54) is 23.1 Å². The summed E-state index contributed by atoms with van der Waals surface area (Å²) in [6.45, 7) is 4.15. The molecule has 0 radical (unpaired) electrons. The summed E-state index contributed by atoms with van der Waals surface area (Å²) in [7, 11) is 0. The molecule has 2 N–H and O–H groups in total. The van der Waals surface area contributed by atoms with Crippen LogP contribution in [0.2, 0.25) is 0 Å². The highest BCUT2D eigenvalue weighted by Gasteiger charge is 2.69. The molecule has 7 heteroatoms. The van der Waals surface area contributed by atoms with Crippen LogP contribution in [0.5, 0.6) is 0 Å². The van der Waals surface area contributed by atoms with Crippen LogP contribution in [-0.2, 0) is 19.9 Å². The van der Waals surface area contributed by atoms with Gasteiger partial charge in [0.1, 0.15) is 11.4 Å². The number of nitrogens with zero attached hydrogens (tertiary/aromatic N) is 1. The first-order valence-electron chi connectivity index (χ1n) is 8.66. The van der Waals surface area contributed by atoms with Crippen molar-refractivity contribution < 1.29 is 18.8 Å². The molecule has 2 fully saturated rings. The number of fused-ring (bicyclic) bond motifs is 4. The summed E-state index contributed by atoms with van der Waals surface area (Å²) in [5, 5.41) is 5.89. The van der Waals surface area contributed by atoms with E-state index in [9.17, 15) is 18.8 Å². The average molecular weight is 345 g/mol. The standard InChI is InChI=1S/C18H20FN3O3/c1-3-4-7-22-15(23)13-9(2)21-18(14(13)16(22)24)11-8-10(19)5-6-12(11)20-17(18)25/h5-6,8-9,13-14,21H,3-4,7H2,1-2H3,(H,20,25)/t9-,13+,14-,18-/m0/s1. The summed E-state index contributed by atoms with van der Waals surface area (Å²) in [6.07, 6.45) is 1.59. The third-order valence-corrected chi connectivity index (χ3v) is 5.65. The molecule has 4 rings (SSSR count). The predicted octanol–water partition coefficient (Wildman–Crippen LogP) is 1.37. The Labute approximate surface area is 144 Å². The predicted molar refractivity (Wildman–Crippen MR) is 87.9 cm³/mol. The zero-order valence-electron chi connectivity index (χ0n) is 14.1. The second kappa shape index (κ2) is 5.36. The topological polar surface area (TPSA) is 78.5 Å². The van der Waals surface area contributed by atoms with Gasteiger partial charge in [-0.25, -0.2) is 4.39 Å². The van der Waals surface area contributed by atoms with E-state index in [1.807, 2.05) is 6.92 Å². The van der Waals surface area contributed by atoms with Crippen molar-refractivity contribution in [2.75, 3.05) is 11.9 Å². The summed E-state index contributed by atoms with van der Waals surface area (Å²) >= 11 is 0. The molecular formula is C18H20FN3O3. The first kappa shape index (κ1) is 16.2. The maximum absolute atomic E-state index is 13.9. The highest BCUT2D eigenvalue weighted by Crippen LogP contribution is 2.52. The van der Waals surface area contributed by atoms with E-state index in [1.54, 1.807) is 6.92 Å². The monoisotopic (exact) mass is 345 g/mol. The molecule has 0 aliphatic carbocycles. The van der Waals surface area contributed by atoms with Gasteiger partial charge in [-0.15, -0.1) is 0 Å².